The Morgan fingerprint density at radius 3 is 2.12 bits per heavy atom. The van der Waals surface area contributed by atoms with Gasteiger partial charge in [-0.05, 0) is 35.1 Å². The molecule has 0 saturated carbocycles. The highest BCUT2D eigenvalue weighted by Gasteiger charge is 2.47. The summed E-state index contributed by atoms with van der Waals surface area (Å²) in [5, 5.41) is 12.2. The molecule has 49 heavy (non-hydrogen) atoms. The molecular formula is C37H43F3N4O5. The standard InChI is InChI=1S/C37H43F3N4O5/c38-37(39,40)36(47)44-16-4-7-32(44)34(46)41-22-26-8-14-30(15-9-26)35-48-31(21-33(49-35)29-12-10-28(25-45)11-13-29)24-43-19-17-42(18-20-43)23-27-5-2-1-3-6-27/h1-3,5-6,8-15,31-33,35,45H,4,7,16-25H2,(H,41,46). The number of alkyl halides is 3. The summed E-state index contributed by atoms with van der Waals surface area (Å²) in [4.78, 5) is 30.1. The summed E-state index contributed by atoms with van der Waals surface area (Å²) in [5.41, 5.74) is 4.70. The van der Waals surface area contributed by atoms with Gasteiger partial charge in [-0.2, -0.15) is 13.2 Å². The van der Waals surface area contributed by atoms with E-state index >= 15 is 0 Å². The molecule has 3 saturated heterocycles. The number of piperazine rings is 1. The second kappa shape index (κ2) is 15.8. The Labute approximate surface area is 284 Å². The summed E-state index contributed by atoms with van der Waals surface area (Å²) in [6, 6.07) is 24.5. The summed E-state index contributed by atoms with van der Waals surface area (Å²) in [5.74, 6) is -2.58. The molecule has 3 heterocycles. The topological polar surface area (TPSA) is 94.6 Å². The van der Waals surface area contributed by atoms with Crippen molar-refractivity contribution in [2.24, 2.45) is 0 Å². The lowest BCUT2D eigenvalue weighted by atomic mass is 9.99. The lowest BCUT2D eigenvalue weighted by Crippen LogP contribution is -2.50. The fourth-order valence-electron chi connectivity index (χ4n) is 6.84. The zero-order valence-corrected chi connectivity index (χ0v) is 27.4. The first kappa shape index (κ1) is 35.0. The van der Waals surface area contributed by atoms with Crippen LogP contribution in [0.3, 0.4) is 0 Å². The van der Waals surface area contributed by atoms with Crippen LogP contribution < -0.4 is 5.32 Å². The predicted molar refractivity (Wildman–Crippen MR) is 176 cm³/mol. The van der Waals surface area contributed by atoms with E-state index in [4.69, 9.17) is 9.47 Å². The maximum atomic E-state index is 13.0. The minimum Gasteiger partial charge on any atom is -0.392 e. The van der Waals surface area contributed by atoms with Gasteiger partial charge in [-0.3, -0.25) is 19.4 Å². The van der Waals surface area contributed by atoms with Crippen LogP contribution in [0.15, 0.2) is 78.9 Å². The largest absolute Gasteiger partial charge is 0.471 e. The molecule has 4 atom stereocenters. The van der Waals surface area contributed by atoms with Crippen molar-refractivity contribution in [1.82, 2.24) is 20.0 Å². The van der Waals surface area contributed by atoms with Crippen LogP contribution in [-0.4, -0.2) is 89.2 Å². The third kappa shape index (κ3) is 9.06. The summed E-state index contributed by atoms with van der Waals surface area (Å²) < 4.78 is 52.0. The number of amides is 2. The smallest absolute Gasteiger partial charge is 0.392 e. The predicted octanol–water partition coefficient (Wildman–Crippen LogP) is 4.71. The monoisotopic (exact) mass is 680 g/mol. The molecule has 3 aromatic carbocycles. The molecule has 3 aromatic rings. The molecule has 262 valence electrons. The van der Waals surface area contributed by atoms with Crippen molar-refractivity contribution in [2.75, 3.05) is 39.3 Å². The third-order valence-corrected chi connectivity index (χ3v) is 9.57. The molecule has 3 aliphatic rings. The third-order valence-electron chi connectivity index (χ3n) is 9.57. The number of carbonyl (C=O) groups is 2. The molecule has 0 radical (unpaired) electrons. The second-order valence-corrected chi connectivity index (χ2v) is 13.0. The van der Waals surface area contributed by atoms with E-state index in [1.165, 1.54) is 5.56 Å². The SMILES string of the molecule is O=C(NCc1ccc(C2OC(CN3CCN(Cc4ccccc4)CC3)CC(c3ccc(CO)cc3)O2)cc1)C1CCCN1C(=O)C(F)(F)F. The molecule has 3 aliphatic heterocycles. The highest BCUT2D eigenvalue weighted by Crippen LogP contribution is 2.38. The van der Waals surface area contributed by atoms with E-state index < -0.39 is 30.3 Å². The Kier molecular flexibility index (Phi) is 11.3. The molecular weight excluding hydrogens is 637 g/mol. The maximum absolute atomic E-state index is 13.0. The van der Waals surface area contributed by atoms with Gasteiger partial charge in [0, 0.05) is 64.3 Å². The van der Waals surface area contributed by atoms with Crippen molar-refractivity contribution >= 4 is 11.8 Å². The summed E-state index contributed by atoms with van der Waals surface area (Å²) in [6.45, 7) is 5.52. The number of nitrogens with one attached hydrogen (secondary N) is 1. The zero-order chi connectivity index (χ0) is 34.4. The second-order valence-electron chi connectivity index (χ2n) is 13.0. The molecule has 0 spiro atoms. The average molecular weight is 681 g/mol. The minimum absolute atomic E-state index is 0.0339. The average Bonchev–Trinajstić information content (AvgIpc) is 3.61. The van der Waals surface area contributed by atoms with Gasteiger partial charge >= 0.3 is 12.1 Å². The fraction of sp³-hybridized carbons (Fsp3) is 0.459. The number of ether oxygens (including phenoxy) is 2. The van der Waals surface area contributed by atoms with E-state index in [9.17, 15) is 27.9 Å². The normalized spacial score (nSPS) is 23.8. The molecule has 9 nitrogen and oxygen atoms in total. The van der Waals surface area contributed by atoms with Gasteiger partial charge in [-0.25, -0.2) is 0 Å². The quantitative estimate of drug-likeness (QED) is 0.321. The van der Waals surface area contributed by atoms with Crippen LogP contribution >= 0.6 is 0 Å². The highest BCUT2D eigenvalue weighted by molar-refractivity contribution is 5.90. The van der Waals surface area contributed by atoms with Crippen molar-refractivity contribution in [2.45, 2.75) is 69.7 Å². The van der Waals surface area contributed by atoms with Crippen molar-refractivity contribution < 1.29 is 37.3 Å². The highest BCUT2D eigenvalue weighted by atomic mass is 19.4. The van der Waals surface area contributed by atoms with Crippen molar-refractivity contribution in [3.63, 3.8) is 0 Å². The number of likely N-dealkylation sites (tertiary alicyclic amines) is 1. The number of rotatable bonds is 10. The van der Waals surface area contributed by atoms with Crippen LogP contribution in [0, 0.1) is 0 Å². The Morgan fingerprint density at radius 1 is 0.796 bits per heavy atom. The van der Waals surface area contributed by atoms with E-state index in [2.05, 4.69) is 39.4 Å². The number of aliphatic hydroxyl groups excluding tert-OH is 1. The zero-order valence-electron chi connectivity index (χ0n) is 27.4. The number of benzene rings is 3. The van der Waals surface area contributed by atoms with Crippen molar-refractivity contribution in [3.05, 3.63) is 107 Å². The lowest BCUT2D eigenvalue weighted by molar-refractivity contribution is -0.253. The number of carbonyl (C=O) groups excluding carboxylic acids is 2. The first-order valence-corrected chi connectivity index (χ1v) is 16.9. The van der Waals surface area contributed by atoms with Gasteiger partial charge in [0.2, 0.25) is 5.91 Å². The van der Waals surface area contributed by atoms with E-state index in [1.807, 2.05) is 54.6 Å². The fourth-order valence-corrected chi connectivity index (χ4v) is 6.84. The summed E-state index contributed by atoms with van der Waals surface area (Å²) in [7, 11) is 0. The van der Waals surface area contributed by atoms with Crippen LogP contribution in [0.4, 0.5) is 13.2 Å². The minimum atomic E-state index is -5.01. The maximum Gasteiger partial charge on any atom is 0.471 e. The van der Waals surface area contributed by atoms with Gasteiger partial charge < -0.3 is 24.8 Å². The Bertz CT molecular complexity index is 1530. The molecule has 6 rings (SSSR count). The first-order valence-electron chi connectivity index (χ1n) is 16.9. The summed E-state index contributed by atoms with van der Waals surface area (Å²) >= 11 is 0. The van der Waals surface area contributed by atoms with E-state index in [-0.39, 0.29) is 38.3 Å². The number of nitrogens with zero attached hydrogens (tertiary/aromatic N) is 3. The Morgan fingerprint density at radius 2 is 1.45 bits per heavy atom. The van der Waals surface area contributed by atoms with Gasteiger partial charge in [0.25, 0.3) is 0 Å². The number of hydrogen-bond donors (Lipinski definition) is 2. The van der Waals surface area contributed by atoms with Gasteiger partial charge in [-0.1, -0.05) is 78.9 Å². The Hall–Kier alpha value is -3.81. The molecule has 0 aliphatic carbocycles. The number of halogens is 3. The van der Waals surface area contributed by atoms with Crippen LogP contribution in [0.25, 0.3) is 0 Å². The molecule has 2 N–H and O–H groups in total. The molecule has 0 bridgehead atoms. The van der Waals surface area contributed by atoms with Gasteiger partial charge in [-0.15, -0.1) is 0 Å². The van der Waals surface area contributed by atoms with Crippen LogP contribution in [0.2, 0.25) is 0 Å². The Balaban J connectivity index is 1.07. The van der Waals surface area contributed by atoms with Crippen LogP contribution in [0.5, 0.6) is 0 Å². The summed E-state index contributed by atoms with van der Waals surface area (Å²) in [6.07, 6.45) is -4.74. The lowest BCUT2D eigenvalue weighted by Gasteiger charge is -2.40. The van der Waals surface area contributed by atoms with Crippen molar-refractivity contribution in [3.8, 4) is 0 Å². The molecule has 12 heteroatoms. The van der Waals surface area contributed by atoms with Gasteiger partial charge in [0.05, 0.1) is 18.8 Å². The van der Waals surface area contributed by atoms with Crippen LogP contribution in [0.1, 0.15) is 59.5 Å². The van der Waals surface area contributed by atoms with E-state index in [0.29, 0.717) is 17.7 Å². The van der Waals surface area contributed by atoms with E-state index in [0.717, 1.165) is 61.5 Å². The van der Waals surface area contributed by atoms with Gasteiger partial charge in [0.1, 0.15) is 6.04 Å². The molecule has 0 aromatic heterocycles. The number of aliphatic hydroxyl groups is 1. The molecule has 3 fully saturated rings. The molecule has 4 unspecified atom stereocenters. The molecule has 2 amide bonds. The van der Waals surface area contributed by atoms with E-state index in [1.54, 1.807) is 0 Å². The van der Waals surface area contributed by atoms with Crippen molar-refractivity contribution in [1.29, 1.82) is 0 Å². The first-order chi connectivity index (χ1) is 23.7. The van der Waals surface area contributed by atoms with Crippen LogP contribution in [-0.2, 0) is 38.8 Å². The number of hydrogen-bond acceptors (Lipinski definition) is 7. The van der Waals surface area contributed by atoms with Gasteiger partial charge in [0.15, 0.2) is 6.29 Å².